The monoisotopic (exact) mass is 355 g/mol. The Labute approximate surface area is 145 Å². The lowest BCUT2D eigenvalue weighted by Gasteiger charge is -2.24. The maximum absolute atomic E-state index is 12.9. The number of unbranched alkanes of at least 4 members (excludes halogenated alkanes) is 2. The van der Waals surface area contributed by atoms with Crippen molar-refractivity contribution in [3.05, 3.63) is 29.8 Å². The first-order valence-corrected chi connectivity index (χ1v) is 7.93. The second-order valence-electron chi connectivity index (χ2n) is 5.12. The van der Waals surface area contributed by atoms with Gasteiger partial charge in [0.1, 0.15) is 6.54 Å². The Bertz CT molecular complexity index is 660. The molecular weight excluding hydrogens is 335 g/mol. The highest BCUT2D eigenvalue weighted by atomic mass is 19.4. The number of halogens is 3. The first kappa shape index (κ1) is 20.6. The molecule has 0 aromatic heterocycles. The maximum atomic E-state index is 12.9. The van der Waals surface area contributed by atoms with Gasteiger partial charge in [-0.05, 0) is 25.5 Å². The summed E-state index contributed by atoms with van der Waals surface area (Å²) >= 11 is 0. The molecule has 1 aromatic rings. The molecule has 0 bridgehead atoms. The van der Waals surface area contributed by atoms with Crippen LogP contribution in [0.1, 0.15) is 38.7 Å². The molecule has 0 heterocycles. The van der Waals surface area contributed by atoms with Crippen LogP contribution in [-0.2, 0) is 14.3 Å². The zero-order valence-electron chi connectivity index (χ0n) is 14.2. The number of amides is 1. The predicted molar refractivity (Wildman–Crippen MR) is 87.9 cm³/mol. The van der Waals surface area contributed by atoms with Crippen molar-refractivity contribution in [1.29, 1.82) is 0 Å². The highest BCUT2D eigenvalue weighted by Crippen LogP contribution is 2.26. The molecule has 0 aliphatic heterocycles. The van der Waals surface area contributed by atoms with Crippen LogP contribution in [0.3, 0.4) is 0 Å². The van der Waals surface area contributed by atoms with Gasteiger partial charge in [0.2, 0.25) is 0 Å². The fraction of sp³-hybridized carbons (Fsp3) is 0.444. The van der Waals surface area contributed by atoms with Crippen LogP contribution in [0.25, 0.3) is 0 Å². The Morgan fingerprint density at radius 2 is 1.88 bits per heavy atom. The summed E-state index contributed by atoms with van der Waals surface area (Å²) in [6, 6.07) is 5.92. The second kappa shape index (κ2) is 9.72. The average molecular weight is 355 g/mol. The number of nitrogens with zero attached hydrogens (tertiary/aromatic N) is 1. The minimum absolute atomic E-state index is 0.00531. The molecule has 0 atom stereocenters. The fourth-order valence-electron chi connectivity index (χ4n) is 1.99. The summed E-state index contributed by atoms with van der Waals surface area (Å²) in [7, 11) is 0. The number of anilines is 1. The summed E-state index contributed by atoms with van der Waals surface area (Å²) in [5.74, 6) is 2.59. The molecule has 0 radical (unpaired) electrons. The second-order valence-corrected chi connectivity index (χ2v) is 5.12. The summed E-state index contributed by atoms with van der Waals surface area (Å²) in [6.07, 6.45) is -2.72. The van der Waals surface area contributed by atoms with Crippen LogP contribution in [0.15, 0.2) is 24.3 Å². The van der Waals surface area contributed by atoms with Gasteiger partial charge in [-0.15, -0.1) is 0 Å². The molecule has 0 saturated heterocycles. The van der Waals surface area contributed by atoms with Gasteiger partial charge in [-0.3, -0.25) is 14.5 Å². The van der Waals surface area contributed by atoms with Crippen molar-refractivity contribution in [2.45, 2.75) is 39.3 Å². The Balaban J connectivity index is 3.22. The smallest absolute Gasteiger partial charge is 0.465 e. The normalized spacial score (nSPS) is 10.6. The third kappa shape index (κ3) is 6.49. The van der Waals surface area contributed by atoms with E-state index in [4.69, 9.17) is 0 Å². The van der Waals surface area contributed by atoms with E-state index in [0.717, 1.165) is 12.8 Å². The zero-order valence-corrected chi connectivity index (χ0v) is 14.2. The summed E-state index contributed by atoms with van der Waals surface area (Å²) in [6.45, 7) is 2.70. The van der Waals surface area contributed by atoms with E-state index in [1.807, 2.05) is 6.92 Å². The SMILES string of the molecule is CCCCC#Cc1ccccc1N(CC(=O)OCC)C(=O)C(F)(F)F. The first-order valence-electron chi connectivity index (χ1n) is 7.93. The van der Waals surface area contributed by atoms with E-state index in [9.17, 15) is 22.8 Å². The Morgan fingerprint density at radius 1 is 1.20 bits per heavy atom. The average Bonchev–Trinajstić information content (AvgIpc) is 2.56. The molecule has 7 heteroatoms. The summed E-state index contributed by atoms with van der Waals surface area (Å²) in [5, 5.41) is 0. The number of carbonyl (C=O) groups is 2. The molecule has 136 valence electrons. The summed E-state index contributed by atoms with van der Waals surface area (Å²) in [4.78, 5) is 23.8. The predicted octanol–water partition coefficient (Wildman–Crippen LogP) is 3.69. The molecule has 1 amide bonds. The number of alkyl halides is 3. The Hall–Kier alpha value is -2.49. The number of hydrogen-bond donors (Lipinski definition) is 0. The van der Waals surface area contributed by atoms with Crippen molar-refractivity contribution in [2.75, 3.05) is 18.1 Å². The van der Waals surface area contributed by atoms with Crippen molar-refractivity contribution in [3.63, 3.8) is 0 Å². The minimum Gasteiger partial charge on any atom is -0.465 e. The van der Waals surface area contributed by atoms with Gasteiger partial charge in [0.05, 0.1) is 12.3 Å². The molecule has 25 heavy (non-hydrogen) atoms. The molecule has 1 aromatic carbocycles. The van der Waals surface area contributed by atoms with E-state index >= 15 is 0 Å². The van der Waals surface area contributed by atoms with Crippen LogP contribution in [0.2, 0.25) is 0 Å². The molecule has 0 N–H and O–H groups in total. The van der Waals surface area contributed by atoms with Crippen molar-refractivity contribution >= 4 is 17.6 Å². The third-order valence-corrected chi connectivity index (χ3v) is 3.15. The molecule has 0 spiro atoms. The minimum atomic E-state index is -5.12. The van der Waals surface area contributed by atoms with Crippen LogP contribution in [0, 0.1) is 11.8 Å². The van der Waals surface area contributed by atoms with Crippen LogP contribution < -0.4 is 4.90 Å². The number of benzene rings is 1. The molecule has 1 rings (SSSR count). The van der Waals surface area contributed by atoms with E-state index in [1.165, 1.54) is 25.1 Å². The lowest BCUT2D eigenvalue weighted by molar-refractivity contribution is -0.171. The zero-order chi connectivity index (χ0) is 18.9. The van der Waals surface area contributed by atoms with Gasteiger partial charge in [-0.25, -0.2) is 0 Å². The van der Waals surface area contributed by atoms with Gasteiger partial charge in [0, 0.05) is 12.0 Å². The summed E-state index contributed by atoms with van der Waals surface area (Å²) in [5.41, 5.74) is 0.183. The Kier molecular flexibility index (Phi) is 7.99. The Morgan fingerprint density at radius 3 is 2.48 bits per heavy atom. The number of para-hydroxylation sites is 1. The number of ether oxygens (including phenoxy) is 1. The maximum Gasteiger partial charge on any atom is 0.471 e. The quantitative estimate of drug-likeness (QED) is 0.444. The van der Waals surface area contributed by atoms with E-state index in [0.29, 0.717) is 11.3 Å². The van der Waals surface area contributed by atoms with E-state index in [1.54, 1.807) is 6.07 Å². The molecular formula is C18H20F3NO3. The molecule has 4 nitrogen and oxygen atoms in total. The van der Waals surface area contributed by atoms with Crippen LogP contribution in [-0.4, -0.2) is 31.2 Å². The number of hydrogen-bond acceptors (Lipinski definition) is 3. The van der Waals surface area contributed by atoms with E-state index in [-0.39, 0.29) is 17.9 Å². The summed E-state index contributed by atoms with van der Waals surface area (Å²) < 4.78 is 43.5. The van der Waals surface area contributed by atoms with E-state index in [2.05, 4.69) is 16.6 Å². The fourth-order valence-corrected chi connectivity index (χ4v) is 1.99. The van der Waals surface area contributed by atoms with Gasteiger partial charge in [-0.1, -0.05) is 37.3 Å². The largest absolute Gasteiger partial charge is 0.471 e. The van der Waals surface area contributed by atoms with Gasteiger partial charge in [-0.2, -0.15) is 13.2 Å². The molecule has 0 fully saturated rings. The van der Waals surface area contributed by atoms with Crippen LogP contribution >= 0.6 is 0 Å². The van der Waals surface area contributed by atoms with Crippen molar-refractivity contribution in [1.82, 2.24) is 0 Å². The molecule has 0 saturated carbocycles. The number of carbonyl (C=O) groups excluding carboxylic acids is 2. The van der Waals surface area contributed by atoms with Gasteiger partial charge in [0.25, 0.3) is 0 Å². The van der Waals surface area contributed by atoms with Crippen LogP contribution in [0.5, 0.6) is 0 Å². The topological polar surface area (TPSA) is 46.6 Å². The van der Waals surface area contributed by atoms with Gasteiger partial charge >= 0.3 is 18.1 Å². The van der Waals surface area contributed by atoms with Crippen molar-refractivity contribution in [2.24, 2.45) is 0 Å². The van der Waals surface area contributed by atoms with Gasteiger partial charge in [0.15, 0.2) is 0 Å². The molecule has 0 unspecified atom stereocenters. The highest BCUT2D eigenvalue weighted by molar-refractivity contribution is 6.01. The first-order chi connectivity index (χ1) is 11.8. The number of esters is 1. The highest BCUT2D eigenvalue weighted by Gasteiger charge is 2.44. The molecule has 0 aliphatic carbocycles. The van der Waals surface area contributed by atoms with Gasteiger partial charge < -0.3 is 4.74 Å². The van der Waals surface area contributed by atoms with E-state index < -0.39 is 24.6 Å². The van der Waals surface area contributed by atoms with Crippen molar-refractivity contribution < 1.29 is 27.5 Å². The standard InChI is InChI=1S/C18H20F3NO3/c1-3-5-6-7-10-14-11-8-9-12-15(14)22(13-16(23)25-4-2)17(24)18(19,20)21/h8-9,11-12H,3-6,13H2,1-2H3. The van der Waals surface area contributed by atoms with Crippen molar-refractivity contribution in [3.8, 4) is 11.8 Å². The lowest BCUT2D eigenvalue weighted by Crippen LogP contribution is -2.44. The number of rotatable bonds is 6. The van der Waals surface area contributed by atoms with Crippen LogP contribution in [0.4, 0.5) is 18.9 Å². The molecule has 0 aliphatic rings. The lowest BCUT2D eigenvalue weighted by atomic mass is 10.1. The third-order valence-electron chi connectivity index (χ3n) is 3.15.